The van der Waals surface area contributed by atoms with Crippen molar-refractivity contribution in [3.8, 4) is 0 Å². The highest BCUT2D eigenvalue weighted by atomic mass is 19.1. The molecule has 0 bridgehead atoms. The van der Waals surface area contributed by atoms with Gasteiger partial charge in [-0.1, -0.05) is 0 Å². The van der Waals surface area contributed by atoms with Crippen molar-refractivity contribution in [1.82, 2.24) is 10.2 Å². The summed E-state index contributed by atoms with van der Waals surface area (Å²) in [6.07, 6.45) is 3.52. The lowest BCUT2D eigenvalue weighted by molar-refractivity contribution is 0.170. The predicted molar refractivity (Wildman–Crippen MR) is 71.5 cm³/mol. The first-order valence-corrected chi connectivity index (χ1v) is 6.83. The average Bonchev–Trinajstić information content (AvgIpc) is 2.83. The van der Waals surface area contributed by atoms with Crippen LogP contribution in [0.25, 0.3) is 0 Å². The zero-order valence-electron chi connectivity index (χ0n) is 10.8. The maximum atomic E-state index is 12.9. The number of hydrogen-bond acceptors (Lipinski definition) is 2. The van der Waals surface area contributed by atoms with E-state index in [4.69, 9.17) is 0 Å². The van der Waals surface area contributed by atoms with Crippen molar-refractivity contribution in [3.05, 3.63) is 30.1 Å². The third kappa shape index (κ3) is 2.42. The Morgan fingerprint density at radius 1 is 1.16 bits per heavy atom. The monoisotopic (exact) mass is 263 g/mol. The van der Waals surface area contributed by atoms with Crippen LogP contribution in [0.15, 0.2) is 24.3 Å². The summed E-state index contributed by atoms with van der Waals surface area (Å²) in [5.74, 6) is -0.277. The van der Waals surface area contributed by atoms with Gasteiger partial charge < -0.3 is 4.90 Å². The molecule has 102 valence electrons. The first kappa shape index (κ1) is 12.4. The molecule has 0 radical (unpaired) electrons. The van der Waals surface area contributed by atoms with E-state index >= 15 is 0 Å². The molecular weight excluding hydrogens is 245 g/mol. The summed E-state index contributed by atoms with van der Waals surface area (Å²) in [5, 5.41) is 3.39. The van der Waals surface area contributed by atoms with E-state index in [1.54, 1.807) is 17.0 Å². The summed E-state index contributed by atoms with van der Waals surface area (Å²) in [6.45, 7) is 2.38. The maximum Gasteiger partial charge on any atom is 0.325 e. The number of rotatable bonds is 2. The number of nitrogens with one attached hydrogen (secondary N) is 1. The summed E-state index contributed by atoms with van der Waals surface area (Å²) < 4.78 is 12.9. The van der Waals surface area contributed by atoms with Gasteiger partial charge in [-0.3, -0.25) is 10.2 Å². The van der Waals surface area contributed by atoms with Gasteiger partial charge in [-0.05, 0) is 50.1 Å². The summed E-state index contributed by atoms with van der Waals surface area (Å²) in [5.41, 5.74) is 0.768. The van der Waals surface area contributed by atoms with Crippen LogP contribution in [0, 0.1) is 5.82 Å². The lowest BCUT2D eigenvalue weighted by Crippen LogP contribution is -2.49. The molecule has 4 nitrogen and oxygen atoms in total. The molecule has 0 spiro atoms. The smallest absolute Gasteiger partial charge is 0.307 e. The van der Waals surface area contributed by atoms with E-state index in [1.807, 2.05) is 4.90 Å². The quantitative estimate of drug-likeness (QED) is 0.887. The minimum absolute atomic E-state index is 0.0195. The van der Waals surface area contributed by atoms with Gasteiger partial charge in [0.2, 0.25) is 0 Å². The van der Waals surface area contributed by atoms with Gasteiger partial charge in [0, 0.05) is 18.8 Å². The Kier molecular flexibility index (Phi) is 3.38. The Morgan fingerprint density at radius 3 is 2.63 bits per heavy atom. The second-order valence-electron chi connectivity index (χ2n) is 5.07. The average molecular weight is 263 g/mol. The van der Waals surface area contributed by atoms with Crippen molar-refractivity contribution in [1.29, 1.82) is 0 Å². The lowest BCUT2D eigenvalue weighted by Gasteiger charge is -2.31. The van der Waals surface area contributed by atoms with E-state index in [2.05, 4.69) is 5.32 Å². The van der Waals surface area contributed by atoms with E-state index in [9.17, 15) is 9.18 Å². The van der Waals surface area contributed by atoms with E-state index < -0.39 is 0 Å². The highest BCUT2D eigenvalue weighted by Gasteiger charge is 2.34. The van der Waals surface area contributed by atoms with Crippen molar-refractivity contribution in [2.75, 3.05) is 24.5 Å². The number of urea groups is 1. The molecule has 2 aliphatic heterocycles. The number of carbonyl (C=O) groups is 1. The molecule has 2 fully saturated rings. The van der Waals surface area contributed by atoms with Crippen molar-refractivity contribution >= 4 is 11.7 Å². The normalized spacial score (nSPS) is 24.1. The number of hydrogen-bond donors (Lipinski definition) is 1. The topological polar surface area (TPSA) is 35.6 Å². The van der Waals surface area contributed by atoms with Crippen LogP contribution in [0.2, 0.25) is 0 Å². The van der Waals surface area contributed by atoms with Crippen LogP contribution in [0.1, 0.15) is 19.3 Å². The fourth-order valence-electron chi connectivity index (χ4n) is 2.80. The highest BCUT2D eigenvalue weighted by Crippen LogP contribution is 2.23. The molecule has 2 aliphatic rings. The SMILES string of the molecule is O=C1N(c2ccc(F)cc2)CCN1[C@@H]1CCCCN1. The number of benzene rings is 1. The maximum absolute atomic E-state index is 12.9. The Labute approximate surface area is 112 Å². The molecule has 0 unspecified atom stereocenters. The van der Waals surface area contributed by atoms with Gasteiger partial charge in [0.1, 0.15) is 5.82 Å². The fourth-order valence-corrected chi connectivity index (χ4v) is 2.80. The molecule has 2 saturated heterocycles. The molecule has 5 heteroatoms. The molecule has 1 atom stereocenters. The largest absolute Gasteiger partial charge is 0.325 e. The lowest BCUT2D eigenvalue weighted by atomic mass is 10.1. The number of nitrogens with zero attached hydrogens (tertiary/aromatic N) is 2. The molecule has 1 aromatic rings. The number of carbonyl (C=O) groups excluding carboxylic acids is 1. The van der Waals surface area contributed by atoms with Crippen molar-refractivity contribution < 1.29 is 9.18 Å². The first-order valence-electron chi connectivity index (χ1n) is 6.83. The minimum atomic E-state index is -0.277. The highest BCUT2D eigenvalue weighted by molar-refractivity contribution is 5.94. The molecule has 3 rings (SSSR count). The Morgan fingerprint density at radius 2 is 1.95 bits per heavy atom. The zero-order chi connectivity index (χ0) is 13.2. The van der Waals surface area contributed by atoms with Gasteiger partial charge in [-0.2, -0.15) is 0 Å². The van der Waals surface area contributed by atoms with Crippen LogP contribution in [0.3, 0.4) is 0 Å². The summed E-state index contributed by atoms with van der Waals surface area (Å²) in [6, 6.07) is 6.12. The molecule has 0 aliphatic carbocycles. The van der Waals surface area contributed by atoms with Crippen LogP contribution >= 0.6 is 0 Å². The van der Waals surface area contributed by atoms with Crippen LogP contribution in [0.4, 0.5) is 14.9 Å². The fraction of sp³-hybridized carbons (Fsp3) is 0.500. The zero-order valence-corrected chi connectivity index (χ0v) is 10.8. The van der Waals surface area contributed by atoms with E-state index in [1.165, 1.54) is 18.6 Å². The van der Waals surface area contributed by atoms with Gasteiger partial charge in [-0.25, -0.2) is 9.18 Å². The van der Waals surface area contributed by atoms with E-state index in [-0.39, 0.29) is 18.0 Å². The molecule has 2 heterocycles. The second-order valence-corrected chi connectivity index (χ2v) is 5.07. The Balaban J connectivity index is 1.72. The van der Waals surface area contributed by atoms with Gasteiger partial charge in [0.05, 0.1) is 6.17 Å². The molecule has 1 aromatic carbocycles. The van der Waals surface area contributed by atoms with Crippen LogP contribution in [-0.2, 0) is 0 Å². The van der Waals surface area contributed by atoms with Crippen LogP contribution < -0.4 is 10.2 Å². The minimum Gasteiger partial charge on any atom is -0.307 e. The molecule has 0 aromatic heterocycles. The Bertz CT molecular complexity index is 456. The molecule has 1 N–H and O–H groups in total. The second kappa shape index (κ2) is 5.17. The molecule has 2 amide bonds. The summed E-state index contributed by atoms with van der Waals surface area (Å²) in [4.78, 5) is 16.0. The Hall–Kier alpha value is -1.62. The van der Waals surface area contributed by atoms with Gasteiger partial charge in [-0.15, -0.1) is 0 Å². The number of amides is 2. The number of piperidine rings is 1. The predicted octanol–water partition coefficient (Wildman–Crippen LogP) is 2.17. The van der Waals surface area contributed by atoms with Crippen LogP contribution in [0.5, 0.6) is 0 Å². The van der Waals surface area contributed by atoms with Gasteiger partial charge in [0.25, 0.3) is 0 Å². The standard InChI is InChI=1S/C14H18FN3O/c15-11-4-6-12(7-5-11)17-9-10-18(14(17)19)13-3-1-2-8-16-13/h4-7,13,16H,1-3,8-10H2/t13-/m1/s1. The third-order valence-electron chi connectivity index (χ3n) is 3.84. The van der Waals surface area contributed by atoms with Crippen molar-refractivity contribution in [2.45, 2.75) is 25.4 Å². The van der Waals surface area contributed by atoms with E-state index in [0.717, 1.165) is 31.6 Å². The first-order chi connectivity index (χ1) is 9.25. The number of anilines is 1. The molecule has 0 saturated carbocycles. The van der Waals surface area contributed by atoms with Crippen molar-refractivity contribution in [3.63, 3.8) is 0 Å². The van der Waals surface area contributed by atoms with Gasteiger partial charge >= 0.3 is 6.03 Å². The van der Waals surface area contributed by atoms with Crippen LogP contribution in [-0.4, -0.2) is 36.7 Å². The summed E-state index contributed by atoms with van der Waals surface area (Å²) >= 11 is 0. The summed E-state index contributed by atoms with van der Waals surface area (Å²) in [7, 11) is 0. The van der Waals surface area contributed by atoms with Gasteiger partial charge in [0.15, 0.2) is 0 Å². The van der Waals surface area contributed by atoms with E-state index in [0.29, 0.717) is 6.54 Å². The third-order valence-corrected chi connectivity index (χ3v) is 3.84. The molecular formula is C14H18FN3O. The number of halogens is 1. The van der Waals surface area contributed by atoms with Crippen molar-refractivity contribution in [2.24, 2.45) is 0 Å². The molecule has 19 heavy (non-hydrogen) atoms.